The van der Waals surface area contributed by atoms with Crippen LogP contribution in [0.4, 0.5) is 11.4 Å². The monoisotopic (exact) mass is 389 g/mol. The van der Waals surface area contributed by atoms with Gasteiger partial charge in [-0.1, -0.05) is 13.0 Å². The molecule has 0 aromatic heterocycles. The maximum atomic E-state index is 12.4. The molecule has 2 aromatic rings. The summed E-state index contributed by atoms with van der Waals surface area (Å²) in [4.78, 5) is 24.4. The number of hydrogen-bond acceptors (Lipinski definition) is 5. The zero-order chi connectivity index (χ0) is 20.2. The highest BCUT2D eigenvalue weighted by molar-refractivity contribution is 7.90. The molecule has 0 saturated heterocycles. The summed E-state index contributed by atoms with van der Waals surface area (Å²) < 4.78 is 23.3. The van der Waals surface area contributed by atoms with Gasteiger partial charge in [-0.05, 0) is 48.9 Å². The molecule has 2 rings (SSSR count). The second kappa shape index (κ2) is 8.32. The molecule has 144 valence electrons. The van der Waals surface area contributed by atoms with Crippen LogP contribution < -0.4 is 16.4 Å². The molecule has 2 amide bonds. The summed E-state index contributed by atoms with van der Waals surface area (Å²) in [5.74, 6) is -0.893. The van der Waals surface area contributed by atoms with Gasteiger partial charge in [0.2, 0.25) is 5.91 Å². The molecule has 0 heterocycles. The van der Waals surface area contributed by atoms with Gasteiger partial charge in [0.25, 0.3) is 5.91 Å². The van der Waals surface area contributed by atoms with Crippen LogP contribution in [0.2, 0.25) is 0 Å². The highest BCUT2D eigenvalue weighted by Crippen LogP contribution is 2.21. The van der Waals surface area contributed by atoms with Crippen LogP contribution in [0.3, 0.4) is 0 Å². The van der Waals surface area contributed by atoms with Crippen LogP contribution in [0.1, 0.15) is 22.8 Å². The number of amides is 2. The number of sulfone groups is 1. The molecule has 0 spiro atoms. The van der Waals surface area contributed by atoms with Gasteiger partial charge in [-0.2, -0.15) is 0 Å². The van der Waals surface area contributed by atoms with E-state index in [2.05, 4.69) is 10.6 Å². The average Bonchev–Trinajstić information content (AvgIpc) is 2.62. The molecule has 7 nitrogen and oxygen atoms in total. The number of carbonyl (C=O) groups excluding carboxylic acids is 2. The maximum Gasteiger partial charge on any atom is 0.255 e. The van der Waals surface area contributed by atoms with E-state index in [9.17, 15) is 18.0 Å². The van der Waals surface area contributed by atoms with Crippen LogP contribution in [0.5, 0.6) is 0 Å². The summed E-state index contributed by atoms with van der Waals surface area (Å²) in [6.45, 7) is 3.79. The lowest BCUT2D eigenvalue weighted by Gasteiger charge is -2.13. The Bertz CT molecular complexity index is 971. The predicted octanol–water partition coefficient (Wildman–Crippen LogP) is 2.18. The molecule has 1 unspecified atom stereocenters. The summed E-state index contributed by atoms with van der Waals surface area (Å²) in [7, 11) is -3.40. The first-order valence-electron chi connectivity index (χ1n) is 8.35. The smallest absolute Gasteiger partial charge is 0.255 e. The number of aryl methyl sites for hydroxylation is 1. The number of nitrogens with one attached hydrogen (secondary N) is 2. The summed E-state index contributed by atoms with van der Waals surface area (Å²) in [5.41, 5.74) is 7.65. The largest absolute Gasteiger partial charge is 0.330 e. The molecule has 1 atom stereocenters. The summed E-state index contributed by atoms with van der Waals surface area (Å²) in [5, 5.41) is 5.52. The number of anilines is 2. The van der Waals surface area contributed by atoms with Crippen molar-refractivity contribution in [1.82, 2.24) is 0 Å². The third kappa shape index (κ3) is 5.38. The zero-order valence-corrected chi connectivity index (χ0v) is 16.3. The van der Waals surface area contributed by atoms with E-state index < -0.39 is 15.7 Å². The van der Waals surface area contributed by atoms with Crippen molar-refractivity contribution in [1.29, 1.82) is 0 Å². The molecule has 4 N–H and O–H groups in total. The highest BCUT2D eigenvalue weighted by Gasteiger charge is 2.14. The van der Waals surface area contributed by atoms with Gasteiger partial charge in [0.1, 0.15) is 0 Å². The predicted molar refractivity (Wildman–Crippen MR) is 106 cm³/mol. The van der Waals surface area contributed by atoms with Gasteiger partial charge in [0.15, 0.2) is 9.84 Å². The molecule has 0 aliphatic rings. The zero-order valence-electron chi connectivity index (χ0n) is 15.4. The van der Waals surface area contributed by atoms with E-state index in [0.717, 1.165) is 11.8 Å². The fourth-order valence-electron chi connectivity index (χ4n) is 2.32. The van der Waals surface area contributed by atoms with Crippen LogP contribution in [0.15, 0.2) is 47.4 Å². The lowest BCUT2D eigenvalue weighted by atomic mass is 10.1. The highest BCUT2D eigenvalue weighted by atomic mass is 32.2. The summed E-state index contributed by atoms with van der Waals surface area (Å²) in [6.07, 6.45) is 1.09. The number of benzene rings is 2. The minimum atomic E-state index is -3.40. The summed E-state index contributed by atoms with van der Waals surface area (Å²) >= 11 is 0. The van der Waals surface area contributed by atoms with E-state index >= 15 is 0 Å². The van der Waals surface area contributed by atoms with Gasteiger partial charge in [0, 0.05) is 35.7 Å². The van der Waals surface area contributed by atoms with Crippen molar-refractivity contribution in [2.75, 3.05) is 23.4 Å². The first-order valence-corrected chi connectivity index (χ1v) is 10.2. The van der Waals surface area contributed by atoms with Gasteiger partial charge in [0.05, 0.1) is 4.90 Å². The third-order valence-electron chi connectivity index (χ3n) is 4.07. The lowest BCUT2D eigenvalue weighted by Crippen LogP contribution is -2.26. The molecular formula is C19H23N3O4S. The second-order valence-corrected chi connectivity index (χ2v) is 8.43. The molecule has 0 aliphatic heterocycles. The molecule has 8 heteroatoms. The molecule has 0 aliphatic carbocycles. The number of nitrogens with two attached hydrogens (primary N) is 1. The van der Waals surface area contributed by atoms with Gasteiger partial charge >= 0.3 is 0 Å². The van der Waals surface area contributed by atoms with Crippen LogP contribution >= 0.6 is 0 Å². The Balaban J connectivity index is 2.16. The quantitative estimate of drug-likeness (QED) is 0.700. The minimum absolute atomic E-state index is 0.0824. The van der Waals surface area contributed by atoms with Crippen LogP contribution in [-0.4, -0.2) is 33.0 Å². The van der Waals surface area contributed by atoms with E-state index in [-0.39, 0.29) is 28.8 Å². The Hall–Kier alpha value is -2.71. The SMILES string of the molecule is Cc1cc(NC(=O)C(C)CN)ccc1NC(=O)c1cccc(S(C)(=O)=O)c1. The molecule has 2 aromatic carbocycles. The van der Waals surface area contributed by atoms with Crippen molar-refractivity contribution in [2.45, 2.75) is 18.7 Å². The molecule has 0 fully saturated rings. The van der Waals surface area contributed by atoms with Crippen molar-refractivity contribution < 1.29 is 18.0 Å². The standard InChI is InChI=1S/C19H23N3O4S/c1-12-9-15(21-18(23)13(2)11-20)7-8-17(12)22-19(24)14-5-4-6-16(10-14)27(3,25)26/h4-10,13H,11,20H2,1-3H3,(H,21,23)(H,22,24). The van der Waals surface area contributed by atoms with Crippen LogP contribution in [-0.2, 0) is 14.6 Å². The Morgan fingerprint density at radius 2 is 1.81 bits per heavy atom. The van der Waals surface area contributed by atoms with Crippen LogP contribution in [0.25, 0.3) is 0 Å². The van der Waals surface area contributed by atoms with Crippen molar-refractivity contribution >= 4 is 33.0 Å². The molecule has 0 bridgehead atoms. The first kappa shape index (κ1) is 20.6. The van der Waals surface area contributed by atoms with E-state index in [0.29, 0.717) is 11.4 Å². The molecule has 0 saturated carbocycles. The van der Waals surface area contributed by atoms with Crippen molar-refractivity contribution in [3.63, 3.8) is 0 Å². The average molecular weight is 389 g/mol. The topological polar surface area (TPSA) is 118 Å². The Labute approximate surface area is 158 Å². The van der Waals surface area contributed by atoms with Crippen molar-refractivity contribution in [3.8, 4) is 0 Å². The third-order valence-corrected chi connectivity index (χ3v) is 5.18. The maximum absolute atomic E-state index is 12.4. The van der Waals surface area contributed by atoms with E-state index in [1.54, 1.807) is 38.1 Å². The molecular weight excluding hydrogens is 366 g/mol. The van der Waals surface area contributed by atoms with Gasteiger partial charge in [-0.15, -0.1) is 0 Å². The van der Waals surface area contributed by atoms with Crippen molar-refractivity contribution in [2.24, 2.45) is 11.7 Å². The Kier molecular flexibility index (Phi) is 6.35. The van der Waals surface area contributed by atoms with E-state index in [4.69, 9.17) is 5.73 Å². The second-order valence-electron chi connectivity index (χ2n) is 6.41. The molecule has 0 radical (unpaired) electrons. The Morgan fingerprint density at radius 3 is 2.41 bits per heavy atom. The normalized spacial score (nSPS) is 12.3. The van der Waals surface area contributed by atoms with Gasteiger partial charge in [-0.3, -0.25) is 9.59 Å². The fourth-order valence-corrected chi connectivity index (χ4v) is 2.98. The number of hydrogen-bond donors (Lipinski definition) is 3. The molecule has 27 heavy (non-hydrogen) atoms. The first-order chi connectivity index (χ1) is 12.6. The van der Waals surface area contributed by atoms with Crippen LogP contribution in [0, 0.1) is 12.8 Å². The van der Waals surface area contributed by atoms with Gasteiger partial charge in [-0.25, -0.2) is 8.42 Å². The lowest BCUT2D eigenvalue weighted by molar-refractivity contribution is -0.119. The number of carbonyl (C=O) groups is 2. The summed E-state index contributed by atoms with van der Waals surface area (Å²) in [6, 6.07) is 10.9. The fraction of sp³-hybridized carbons (Fsp3) is 0.263. The van der Waals surface area contributed by atoms with E-state index in [1.807, 2.05) is 0 Å². The van der Waals surface area contributed by atoms with E-state index in [1.165, 1.54) is 18.2 Å². The Morgan fingerprint density at radius 1 is 1.11 bits per heavy atom. The minimum Gasteiger partial charge on any atom is -0.330 e. The van der Waals surface area contributed by atoms with Crippen molar-refractivity contribution in [3.05, 3.63) is 53.6 Å². The number of rotatable bonds is 6. The van der Waals surface area contributed by atoms with Gasteiger partial charge < -0.3 is 16.4 Å².